The molecule has 8 heteroatoms. The average Bonchev–Trinajstić information content (AvgIpc) is 2.88. The van der Waals surface area contributed by atoms with Gasteiger partial charge in [-0.25, -0.2) is 0 Å². The summed E-state index contributed by atoms with van der Waals surface area (Å²) in [5.74, 6) is -0.599. The number of piperidine rings is 1. The van der Waals surface area contributed by atoms with Gasteiger partial charge in [-0.1, -0.05) is 36.4 Å². The Balaban J connectivity index is 1.47. The molecule has 2 aliphatic heterocycles. The van der Waals surface area contributed by atoms with Crippen LogP contribution in [0, 0.1) is 12.8 Å². The quantitative estimate of drug-likeness (QED) is 0.321. The van der Waals surface area contributed by atoms with E-state index in [9.17, 15) is 19.2 Å². The number of fused-ring (bicyclic) bond motifs is 4. The number of aromatic nitrogens is 1. The first-order chi connectivity index (χ1) is 18.3. The van der Waals surface area contributed by atoms with Crippen LogP contribution in [0.25, 0.3) is 6.08 Å². The Morgan fingerprint density at radius 3 is 2.55 bits per heavy atom. The molecule has 3 heterocycles. The summed E-state index contributed by atoms with van der Waals surface area (Å²) in [5.41, 5.74) is 2.92. The summed E-state index contributed by atoms with van der Waals surface area (Å²) in [6.07, 6.45) is 2.51. The van der Waals surface area contributed by atoms with Crippen molar-refractivity contribution in [2.45, 2.75) is 32.7 Å². The van der Waals surface area contributed by atoms with E-state index >= 15 is 0 Å². The molecule has 2 aromatic carbocycles. The van der Waals surface area contributed by atoms with Crippen molar-refractivity contribution in [3.05, 3.63) is 105 Å². The molecule has 8 nitrogen and oxygen atoms in total. The molecule has 1 fully saturated rings. The van der Waals surface area contributed by atoms with Gasteiger partial charge in [0.05, 0.1) is 0 Å². The first-order valence-corrected chi connectivity index (χ1v) is 12.6. The van der Waals surface area contributed by atoms with E-state index in [4.69, 9.17) is 4.74 Å². The maximum absolute atomic E-state index is 13.9. The molecule has 1 saturated heterocycles. The number of nitrogens with one attached hydrogen (secondary N) is 1. The molecule has 194 valence electrons. The second-order valence-corrected chi connectivity index (χ2v) is 9.90. The van der Waals surface area contributed by atoms with E-state index < -0.39 is 5.97 Å². The van der Waals surface area contributed by atoms with Gasteiger partial charge in [0.25, 0.3) is 17.4 Å². The predicted octanol–water partition coefficient (Wildman–Crippen LogP) is 3.50. The third-order valence-electron chi connectivity index (χ3n) is 7.07. The van der Waals surface area contributed by atoms with Crippen LogP contribution >= 0.6 is 0 Å². The third-order valence-corrected chi connectivity index (χ3v) is 7.07. The molecule has 3 aromatic rings. The van der Waals surface area contributed by atoms with Gasteiger partial charge in [-0.3, -0.25) is 19.2 Å². The topological polar surface area (TPSA) is 97.7 Å². The van der Waals surface area contributed by atoms with Gasteiger partial charge < -0.3 is 19.5 Å². The molecule has 2 aliphatic rings. The molecule has 0 aliphatic carbocycles. The number of likely N-dealkylation sites (tertiary alicyclic amines) is 1. The minimum Gasteiger partial charge on any atom is -0.427 e. The van der Waals surface area contributed by atoms with Gasteiger partial charge in [0.2, 0.25) is 0 Å². The van der Waals surface area contributed by atoms with Crippen LogP contribution < -0.4 is 15.6 Å². The van der Waals surface area contributed by atoms with Crippen molar-refractivity contribution < 1.29 is 19.1 Å². The number of carbonyl (C=O) groups excluding carboxylic acids is 3. The first kappa shape index (κ1) is 25.2. The van der Waals surface area contributed by atoms with Gasteiger partial charge in [-0.2, -0.15) is 0 Å². The highest BCUT2D eigenvalue weighted by Gasteiger charge is 2.37. The molecule has 2 atom stereocenters. The van der Waals surface area contributed by atoms with E-state index in [1.165, 1.54) is 6.92 Å². The van der Waals surface area contributed by atoms with Crippen molar-refractivity contribution >= 4 is 23.9 Å². The zero-order valence-electron chi connectivity index (χ0n) is 21.3. The number of benzene rings is 2. The van der Waals surface area contributed by atoms with E-state index in [1.54, 1.807) is 59.5 Å². The number of esters is 1. The van der Waals surface area contributed by atoms with Gasteiger partial charge >= 0.3 is 5.97 Å². The summed E-state index contributed by atoms with van der Waals surface area (Å²) in [4.78, 5) is 52.7. The predicted molar refractivity (Wildman–Crippen MR) is 143 cm³/mol. The van der Waals surface area contributed by atoms with Gasteiger partial charge in [0.15, 0.2) is 0 Å². The Kier molecular flexibility index (Phi) is 6.96. The summed E-state index contributed by atoms with van der Waals surface area (Å²) in [6.45, 7) is 4.66. The Morgan fingerprint density at radius 1 is 0.974 bits per heavy atom. The fraction of sp³-hybridized carbons (Fsp3) is 0.267. The van der Waals surface area contributed by atoms with Crippen molar-refractivity contribution in [2.24, 2.45) is 5.92 Å². The molecule has 2 amide bonds. The summed E-state index contributed by atoms with van der Waals surface area (Å²) >= 11 is 0. The van der Waals surface area contributed by atoms with Gasteiger partial charge in [0.1, 0.15) is 11.4 Å². The molecule has 1 aromatic heterocycles. The SMILES string of the molecule is CC(=O)Oc1cccc(/C=C(\NC(=O)c2ccccc2C)C(=O)N2CC3CC(C2)c2cccc(=O)n2C3)c1. The second-order valence-electron chi connectivity index (χ2n) is 9.90. The largest absolute Gasteiger partial charge is 0.427 e. The molecule has 0 radical (unpaired) electrons. The highest BCUT2D eigenvalue weighted by atomic mass is 16.5. The molecule has 38 heavy (non-hydrogen) atoms. The number of ether oxygens (including phenoxy) is 1. The van der Waals surface area contributed by atoms with Crippen molar-refractivity contribution in [1.82, 2.24) is 14.8 Å². The fourth-order valence-electron chi connectivity index (χ4n) is 5.40. The van der Waals surface area contributed by atoms with Crippen molar-refractivity contribution in [2.75, 3.05) is 13.1 Å². The lowest BCUT2D eigenvalue weighted by Crippen LogP contribution is -2.50. The summed E-state index contributed by atoms with van der Waals surface area (Å²) < 4.78 is 7.01. The van der Waals surface area contributed by atoms with Crippen LogP contribution in [0.1, 0.15) is 46.4 Å². The van der Waals surface area contributed by atoms with Crippen LogP contribution in [0.4, 0.5) is 0 Å². The Hall–Kier alpha value is -4.46. The van der Waals surface area contributed by atoms with Crippen LogP contribution in [0.15, 0.2) is 77.2 Å². The van der Waals surface area contributed by atoms with Crippen LogP contribution in [0.3, 0.4) is 0 Å². The van der Waals surface area contributed by atoms with Crippen LogP contribution in [-0.4, -0.2) is 40.3 Å². The zero-order valence-corrected chi connectivity index (χ0v) is 21.3. The van der Waals surface area contributed by atoms with Crippen LogP contribution in [0.2, 0.25) is 0 Å². The van der Waals surface area contributed by atoms with Gasteiger partial charge in [0, 0.05) is 49.8 Å². The lowest BCUT2D eigenvalue weighted by atomic mass is 9.83. The van der Waals surface area contributed by atoms with Gasteiger partial charge in [-0.15, -0.1) is 0 Å². The Morgan fingerprint density at radius 2 is 1.76 bits per heavy atom. The van der Waals surface area contributed by atoms with E-state index in [2.05, 4.69) is 5.32 Å². The number of carbonyl (C=O) groups is 3. The van der Waals surface area contributed by atoms with E-state index in [0.29, 0.717) is 36.5 Å². The fourth-order valence-corrected chi connectivity index (χ4v) is 5.40. The molecule has 2 unspecified atom stereocenters. The molecule has 1 N–H and O–H groups in total. The smallest absolute Gasteiger partial charge is 0.308 e. The minimum absolute atomic E-state index is 0.0179. The standard InChI is InChI=1S/C30H29N3O5/c1-19-7-3-4-10-25(19)29(36)31-26(15-21-8-5-9-24(14-21)38-20(2)34)30(37)32-16-22-13-23(18-32)27-11-6-12-28(35)33(27)17-22/h3-12,14-15,22-23H,13,16-18H2,1-2H3,(H,31,36)/b26-15-. The third kappa shape index (κ3) is 5.29. The number of rotatable bonds is 5. The Bertz CT molecular complexity index is 1510. The molecule has 0 saturated carbocycles. The molecule has 0 spiro atoms. The molecular weight excluding hydrogens is 482 g/mol. The highest BCUT2D eigenvalue weighted by molar-refractivity contribution is 6.05. The zero-order chi connectivity index (χ0) is 26.8. The maximum Gasteiger partial charge on any atom is 0.308 e. The summed E-state index contributed by atoms with van der Waals surface area (Å²) in [5, 5.41) is 2.84. The number of amides is 2. The number of pyridine rings is 1. The highest BCUT2D eigenvalue weighted by Crippen LogP contribution is 2.35. The maximum atomic E-state index is 13.9. The summed E-state index contributed by atoms with van der Waals surface area (Å²) in [6, 6.07) is 19.3. The molecule has 5 rings (SSSR count). The Labute approximate surface area is 220 Å². The van der Waals surface area contributed by atoms with E-state index in [-0.39, 0.29) is 34.9 Å². The summed E-state index contributed by atoms with van der Waals surface area (Å²) in [7, 11) is 0. The number of aryl methyl sites for hydroxylation is 1. The van der Waals surface area contributed by atoms with Gasteiger partial charge in [-0.05, 0) is 60.7 Å². The lowest BCUT2D eigenvalue weighted by Gasteiger charge is -2.43. The first-order valence-electron chi connectivity index (χ1n) is 12.6. The normalized spacial score (nSPS) is 18.4. The van der Waals surface area contributed by atoms with Crippen molar-refractivity contribution in [1.29, 1.82) is 0 Å². The van der Waals surface area contributed by atoms with Crippen molar-refractivity contribution in [3.63, 3.8) is 0 Å². The number of nitrogens with zero attached hydrogens (tertiary/aromatic N) is 2. The molecule has 2 bridgehead atoms. The number of hydrogen-bond acceptors (Lipinski definition) is 5. The van der Waals surface area contributed by atoms with Crippen LogP contribution in [0.5, 0.6) is 5.75 Å². The van der Waals surface area contributed by atoms with E-state index in [0.717, 1.165) is 17.7 Å². The number of hydrogen-bond donors (Lipinski definition) is 1. The van der Waals surface area contributed by atoms with Crippen LogP contribution in [-0.2, 0) is 16.1 Å². The average molecular weight is 512 g/mol. The van der Waals surface area contributed by atoms with Crippen molar-refractivity contribution in [3.8, 4) is 5.75 Å². The minimum atomic E-state index is -0.450. The monoisotopic (exact) mass is 511 g/mol. The van der Waals surface area contributed by atoms with E-state index in [1.807, 2.05) is 29.7 Å². The molecular formula is C30H29N3O5. The second kappa shape index (κ2) is 10.5. The lowest BCUT2D eigenvalue weighted by molar-refractivity contribution is -0.132.